The molecule has 1 amide bonds. The van der Waals surface area contributed by atoms with Gasteiger partial charge in [0.05, 0.1) is 13.2 Å². The van der Waals surface area contributed by atoms with Crippen LogP contribution in [0.1, 0.15) is 29.0 Å². The number of nitrogens with one attached hydrogen (secondary N) is 2. The second-order valence-electron chi connectivity index (χ2n) is 5.54. The lowest BCUT2D eigenvalue weighted by Crippen LogP contribution is -2.29. The first kappa shape index (κ1) is 15.8. The highest BCUT2D eigenvalue weighted by Crippen LogP contribution is 2.24. The van der Waals surface area contributed by atoms with Crippen molar-refractivity contribution in [2.75, 3.05) is 7.11 Å². The summed E-state index contributed by atoms with van der Waals surface area (Å²) in [5.74, 6) is 0.369. The molecule has 5 nitrogen and oxygen atoms in total. The van der Waals surface area contributed by atoms with E-state index in [-0.39, 0.29) is 23.2 Å². The van der Waals surface area contributed by atoms with Crippen molar-refractivity contribution in [2.24, 2.45) is 0 Å². The fourth-order valence-corrected chi connectivity index (χ4v) is 2.71. The van der Waals surface area contributed by atoms with Crippen LogP contribution in [0.4, 0.5) is 0 Å². The summed E-state index contributed by atoms with van der Waals surface area (Å²) in [7, 11) is 1.59. The Hall–Kier alpha value is -3.08. The number of carbonyl (C=O) groups is 1. The second kappa shape index (κ2) is 6.58. The van der Waals surface area contributed by atoms with Crippen molar-refractivity contribution in [3.8, 4) is 5.75 Å². The van der Waals surface area contributed by atoms with Crippen LogP contribution in [-0.2, 0) is 0 Å². The normalized spacial score (nSPS) is 11.9. The van der Waals surface area contributed by atoms with E-state index >= 15 is 0 Å². The maximum atomic E-state index is 12.5. The maximum Gasteiger partial charge on any atom is 0.268 e. The number of carbonyl (C=O) groups excluding carboxylic acids is 1. The van der Waals surface area contributed by atoms with Crippen molar-refractivity contribution in [3.63, 3.8) is 0 Å². The smallest absolute Gasteiger partial charge is 0.268 e. The van der Waals surface area contributed by atoms with Crippen LogP contribution in [0, 0.1) is 0 Å². The third-order valence-electron chi connectivity index (χ3n) is 3.95. The van der Waals surface area contributed by atoms with Crippen molar-refractivity contribution in [1.29, 1.82) is 0 Å². The SMILES string of the molecule is COc1ccccc1[C@H](C)NC(=O)c1cc2ccccc2c(=O)[nH]1. The number of hydrogen-bond donors (Lipinski definition) is 2. The predicted molar refractivity (Wildman–Crippen MR) is 93.4 cm³/mol. The number of methoxy groups -OCH3 is 1. The van der Waals surface area contributed by atoms with Crippen LogP contribution < -0.4 is 15.6 Å². The molecule has 0 fully saturated rings. The molecule has 0 unspecified atom stereocenters. The van der Waals surface area contributed by atoms with Gasteiger partial charge in [0, 0.05) is 10.9 Å². The Morgan fingerprint density at radius 1 is 1.12 bits per heavy atom. The minimum Gasteiger partial charge on any atom is -0.496 e. The molecule has 5 heteroatoms. The minimum atomic E-state index is -0.337. The van der Waals surface area contributed by atoms with Crippen LogP contribution in [0.2, 0.25) is 0 Å². The molecule has 1 heterocycles. The molecule has 1 aromatic heterocycles. The summed E-state index contributed by atoms with van der Waals surface area (Å²) in [5.41, 5.74) is 0.833. The zero-order chi connectivity index (χ0) is 17.1. The highest BCUT2D eigenvalue weighted by Gasteiger charge is 2.16. The number of aromatic amines is 1. The second-order valence-corrected chi connectivity index (χ2v) is 5.54. The highest BCUT2D eigenvalue weighted by atomic mass is 16.5. The van der Waals surface area contributed by atoms with Gasteiger partial charge in [0.25, 0.3) is 11.5 Å². The number of amides is 1. The first-order valence-corrected chi connectivity index (χ1v) is 7.66. The van der Waals surface area contributed by atoms with Gasteiger partial charge < -0.3 is 15.0 Å². The number of benzene rings is 2. The largest absolute Gasteiger partial charge is 0.496 e. The lowest BCUT2D eigenvalue weighted by Gasteiger charge is -2.17. The number of aromatic nitrogens is 1. The lowest BCUT2D eigenvalue weighted by molar-refractivity contribution is 0.0934. The van der Waals surface area contributed by atoms with Gasteiger partial charge in [0.2, 0.25) is 0 Å². The summed E-state index contributed by atoms with van der Waals surface area (Å²) in [5, 5.41) is 4.18. The van der Waals surface area contributed by atoms with E-state index in [9.17, 15) is 9.59 Å². The molecule has 0 saturated heterocycles. The Balaban J connectivity index is 1.88. The average molecular weight is 322 g/mol. The summed E-state index contributed by atoms with van der Waals surface area (Å²) in [4.78, 5) is 27.2. The van der Waals surface area contributed by atoms with Crippen LogP contribution in [-0.4, -0.2) is 18.0 Å². The van der Waals surface area contributed by atoms with Gasteiger partial charge in [-0.05, 0) is 30.5 Å². The number of rotatable bonds is 4. The fourth-order valence-electron chi connectivity index (χ4n) is 2.71. The lowest BCUT2D eigenvalue weighted by atomic mass is 10.1. The molecule has 0 saturated carbocycles. The Morgan fingerprint density at radius 2 is 1.83 bits per heavy atom. The van der Waals surface area contributed by atoms with Crippen LogP contribution >= 0.6 is 0 Å². The van der Waals surface area contributed by atoms with Gasteiger partial charge in [0.15, 0.2) is 0 Å². The van der Waals surface area contributed by atoms with Crippen molar-refractivity contribution < 1.29 is 9.53 Å². The zero-order valence-corrected chi connectivity index (χ0v) is 13.5. The van der Waals surface area contributed by atoms with E-state index in [1.165, 1.54) is 0 Å². The maximum absolute atomic E-state index is 12.5. The third-order valence-corrected chi connectivity index (χ3v) is 3.95. The molecular weight excluding hydrogens is 304 g/mol. The molecule has 122 valence electrons. The van der Waals surface area contributed by atoms with E-state index < -0.39 is 0 Å². The molecule has 0 bridgehead atoms. The molecule has 24 heavy (non-hydrogen) atoms. The number of para-hydroxylation sites is 1. The van der Waals surface area contributed by atoms with Gasteiger partial charge in [0.1, 0.15) is 11.4 Å². The highest BCUT2D eigenvalue weighted by molar-refractivity contribution is 5.96. The first-order valence-electron chi connectivity index (χ1n) is 7.66. The first-order chi connectivity index (χ1) is 11.6. The van der Waals surface area contributed by atoms with Gasteiger partial charge in [-0.2, -0.15) is 0 Å². The fraction of sp³-hybridized carbons (Fsp3) is 0.158. The van der Waals surface area contributed by atoms with E-state index in [1.54, 1.807) is 25.3 Å². The van der Waals surface area contributed by atoms with Crippen LogP contribution in [0.5, 0.6) is 5.75 Å². The van der Waals surface area contributed by atoms with Crippen molar-refractivity contribution >= 4 is 16.7 Å². The van der Waals surface area contributed by atoms with Gasteiger partial charge in [-0.15, -0.1) is 0 Å². The van der Waals surface area contributed by atoms with Crippen LogP contribution in [0.3, 0.4) is 0 Å². The van der Waals surface area contributed by atoms with Crippen LogP contribution in [0.25, 0.3) is 10.8 Å². The van der Waals surface area contributed by atoms with E-state index in [0.717, 1.165) is 10.9 Å². The van der Waals surface area contributed by atoms with Crippen molar-refractivity contribution in [2.45, 2.75) is 13.0 Å². The summed E-state index contributed by atoms with van der Waals surface area (Å²) in [6.45, 7) is 1.87. The Kier molecular flexibility index (Phi) is 4.33. The van der Waals surface area contributed by atoms with E-state index in [4.69, 9.17) is 4.74 Å². The Morgan fingerprint density at radius 3 is 2.62 bits per heavy atom. The average Bonchev–Trinajstić information content (AvgIpc) is 2.61. The number of pyridine rings is 1. The number of fused-ring (bicyclic) bond motifs is 1. The topological polar surface area (TPSA) is 71.2 Å². The summed E-state index contributed by atoms with van der Waals surface area (Å²) in [6, 6.07) is 16.1. The molecular formula is C19H18N2O3. The van der Waals surface area contributed by atoms with Gasteiger partial charge >= 0.3 is 0 Å². The van der Waals surface area contributed by atoms with Gasteiger partial charge in [-0.3, -0.25) is 9.59 Å². The van der Waals surface area contributed by atoms with E-state index in [2.05, 4.69) is 10.3 Å². The number of hydrogen-bond acceptors (Lipinski definition) is 3. The quantitative estimate of drug-likeness (QED) is 0.775. The Bertz CT molecular complexity index is 946. The molecule has 3 rings (SSSR count). The zero-order valence-electron chi connectivity index (χ0n) is 13.5. The van der Waals surface area contributed by atoms with Crippen LogP contribution in [0.15, 0.2) is 59.4 Å². The molecule has 0 radical (unpaired) electrons. The Labute approximate surface area is 139 Å². The molecule has 2 N–H and O–H groups in total. The predicted octanol–water partition coefficient (Wildman–Crippen LogP) is 3.03. The molecule has 2 aromatic carbocycles. The standard InChI is InChI=1S/C19H18N2O3/c1-12(14-8-5-6-10-17(14)24-2)20-19(23)16-11-13-7-3-4-9-15(13)18(22)21-16/h3-12H,1-2H3,(H,20,23)(H,21,22)/t12-/m0/s1. The number of H-pyrrole nitrogens is 1. The molecule has 0 aliphatic heterocycles. The molecule has 3 aromatic rings. The van der Waals surface area contributed by atoms with Crippen molar-refractivity contribution in [1.82, 2.24) is 10.3 Å². The monoisotopic (exact) mass is 322 g/mol. The molecule has 0 aliphatic rings. The third kappa shape index (κ3) is 3.01. The summed E-state index contributed by atoms with van der Waals surface area (Å²) in [6.07, 6.45) is 0. The summed E-state index contributed by atoms with van der Waals surface area (Å²) < 4.78 is 5.32. The molecule has 0 aliphatic carbocycles. The molecule has 0 spiro atoms. The van der Waals surface area contributed by atoms with Gasteiger partial charge in [-0.25, -0.2) is 0 Å². The van der Waals surface area contributed by atoms with E-state index in [0.29, 0.717) is 11.1 Å². The van der Waals surface area contributed by atoms with Crippen molar-refractivity contribution in [3.05, 3.63) is 76.2 Å². The number of ether oxygens (including phenoxy) is 1. The minimum absolute atomic E-state index is 0.237. The summed E-state index contributed by atoms with van der Waals surface area (Å²) >= 11 is 0. The van der Waals surface area contributed by atoms with E-state index in [1.807, 2.05) is 43.3 Å². The van der Waals surface area contributed by atoms with Gasteiger partial charge in [-0.1, -0.05) is 36.4 Å². The molecule has 1 atom stereocenters.